The summed E-state index contributed by atoms with van der Waals surface area (Å²) in [5.74, 6) is -1.09. The molecule has 6 nitrogen and oxygen atoms in total. The lowest BCUT2D eigenvalue weighted by Crippen LogP contribution is -2.04. The molecule has 0 atom stereocenters. The molecule has 2 rings (SSSR count). The smallest absolute Gasteiger partial charge is 0.337 e. The van der Waals surface area contributed by atoms with Gasteiger partial charge in [0.05, 0.1) is 16.6 Å². The van der Waals surface area contributed by atoms with Gasteiger partial charge in [0.15, 0.2) is 5.65 Å². The molecule has 0 aliphatic heterocycles. The zero-order chi connectivity index (χ0) is 10.3. The molecule has 0 fully saturated rings. The highest BCUT2D eigenvalue weighted by molar-refractivity contribution is 5.92. The zero-order valence-electron chi connectivity index (χ0n) is 7.29. The van der Waals surface area contributed by atoms with E-state index < -0.39 is 5.97 Å². The average molecular weight is 193 g/mol. The second-order valence-electron chi connectivity index (χ2n) is 2.90. The maximum Gasteiger partial charge on any atom is 0.337 e. The van der Waals surface area contributed by atoms with Crippen LogP contribution in [0.3, 0.4) is 0 Å². The van der Waals surface area contributed by atoms with E-state index in [4.69, 9.17) is 5.11 Å². The first-order valence-electron chi connectivity index (χ1n) is 3.91. The van der Waals surface area contributed by atoms with Crippen molar-refractivity contribution in [3.05, 3.63) is 27.7 Å². The van der Waals surface area contributed by atoms with Crippen molar-refractivity contribution in [1.82, 2.24) is 15.2 Å². The number of hydrogen-bond donors (Lipinski definition) is 3. The Balaban J connectivity index is 2.87. The average Bonchev–Trinajstić information content (AvgIpc) is 2.46. The number of hydrogen-bond acceptors (Lipinski definition) is 3. The largest absolute Gasteiger partial charge is 0.478 e. The van der Waals surface area contributed by atoms with Crippen molar-refractivity contribution in [2.24, 2.45) is 0 Å². The highest BCUT2D eigenvalue weighted by Crippen LogP contribution is 2.10. The number of rotatable bonds is 1. The van der Waals surface area contributed by atoms with Crippen molar-refractivity contribution in [1.29, 1.82) is 0 Å². The number of pyridine rings is 1. The Kier molecular flexibility index (Phi) is 1.63. The minimum atomic E-state index is -1.09. The number of aromatic amines is 2. The van der Waals surface area contributed by atoms with Crippen molar-refractivity contribution >= 4 is 17.0 Å². The quantitative estimate of drug-likeness (QED) is 0.604. The van der Waals surface area contributed by atoms with Crippen LogP contribution in [0.15, 0.2) is 10.9 Å². The summed E-state index contributed by atoms with van der Waals surface area (Å²) in [5, 5.41) is 13.9. The molecule has 0 bridgehead atoms. The zero-order valence-corrected chi connectivity index (χ0v) is 7.29. The standard InChI is InChI=1S/C8H7N3O3/c1-3-4(8(13)14)2-5-6(9-3)10-11-7(5)12/h2H,1H3,(H,13,14)(H2,9,10,11,12). The van der Waals surface area contributed by atoms with Gasteiger partial charge in [0.25, 0.3) is 5.56 Å². The summed E-state index contributed by atoms with van der Waals surface area (Å²) in [6, 6.07) is 1.31. The van der Waals surface area contributed by atoms with Crippen LogP contribution in [0.25, 0.3) is 11.0 Å². The third-order valence-electron chi connectivity index (χ3n) is 1.98. The second kappa shape index (κ2) is 2.69. The number of aromatic nitrogens is 3. The number of nitrogens with zero attached hydrogens (tertiary/aromatic N) is 1. The van der Waals surface area contributed by atoms with Crippen LogP contribution in [0.4, 0.5) is 0 Å². The van der Waals surface area contributed by atoms with Gasteiger partial charge in [-0.3, -0.25) is 15.0 Å². The summed E-state index contributed by atoms with van der Waals surface area (Å²) in [6.45, 7) is 1.58. The fraction of sp³-hybridized carbons (Fsp3) is 0.125. The number of carbonyl (C=O) groups is 1. The molecule has 0 aromatic carbocycles. The van der Waals surface area contributed by atoms with Crippen LogP contribution < -0.4 is 5.56 Å². The summed E-state index contributed by atoms with van der Waals surface area (Å²) < 4.78 is 0. The highest BCUT2D eigenvalue weighted by atomic mass is 16.4. The molecule has 2 heterocycles. The van der Waals surface area contributed by atoms with E-state index in [9.17, 15) is 9.59 Å². The molecule has 3 N–H and O–H groups in total. The van der Waals surface area contributed by atoms with Crippen LogP contribution in [0.2, 0.25) is 0 Å². The van der Waals surface area contributed by atoms with Crippen LogP contribution in [0.5, 0.6) is 0 Å². The van der Waals surface area contributed by atoms with Crippen molar-refractivity contribution in [2.75, 3.05) is 0 Å². The van der Waals surface area contributed by atoms with Crippen molar-refractivity contribution < 1.29 is 9.90 Å². The third kappa shape index (κ3) is 1.08. The molecule has 2 aromatic rings. The minimum Gasteiger partial charge on any atom is -0.478 e. The van der Waals surface area contributed by atoms with E-state index in [0.717, 1.165) is 0 Å². The molecule has 0 aliphatic rings. The molecule has 14 heavy (non-hydrogen) atoms. The van der Waals surface area contributed by atoms with Gasteiger partial charge in [-0.2, -0.15) is 0 Å². The molecule has 0 radical (unpaired) electrons. The van der Waals surface area contributed by atoms with Crippen molar-refractivity contribution in [3.63, 3.8) is 0 Å². The van der Waals surface area contributed by atoms with Gasteiger partial charge in [-0.1, -0.05) is 0 Å². The molecule has 2 aromatic heterocycles. The molecule has 0 saturated heterocycles. The predicted molar refractivity (Wildman–Crippen MR) is 48.4 cm³/mol. The van der Waals surface area contributed by atoms with E-state index in [2.05, 4.69) is 15.2 Å². The van der Waals surface area contributed by atoms with Crippen LogP contribution >= 0.6 is 0 Å². The Morgan fingerprint density at radius 1 is 1.50 bits per heavy atom. The maximum absolute atomic E-state index is 11.1. The molecule has 0 unspecified atom stereocenters. The van der Waals surface area contributed by atoms with E-state index >= 15 is 0 Å². The van der Waals surface area contributed by atoms with Gasteiger partial charge in [0.2, 0.25) is 0 Å². The Labute approximate surface area is 77.6 Å². The Morgan fingerprint density at radius 2 is 2.21 bits per heavy atom. The number of fused-ring (bicyclic) bond motifs is 1. The summed E-state index contributed by atoms with van der Waals surface area (Å²) in [6.07, 6.45) is 0. The Bertz CT molecular complexity index is 567. The van der Waals surface area contributed by atoms with E-state index in [1.807, 2.05) is 0 Å². The molecule has 0 spiro atoms. The fourth-order valence-electron chi connectivity index (χ4n) is 1.27. The monoisotopic (exact) mass is 193 g/mol. The third-order valence-corrected chi connectivity index (χ3v) is 1.98. The summed E-state index contributed by atoms with van der Waals surface area (Å²) in [4.78, 5) is 25.8. The fourth-order valence-corrected chi connectivity index (χ4v) is 1.27. The molecule has 0 aliphatic carbocycles. The Hall–Kier alpha value is -2.11. The van der Waals surface area contributed by atoms with E-state index in [0.29, 0.717) is 11.3 Å². The minimum absolute atomic E-state index is 0.0441. The number of nitrogens with one attached hydrogen (secondary N) is 2. The van der Waals surface area contributed by atoms with Gasteiger partial charge >= 0.3 is 5.97 Å². The maximum atomic E-state index is 11.1. The number of aromatic carboxylic acids is 1. The van der Waals surface area contributed by atoms with Gasteiger partial charge in [-0.15, -0.1) is 0 Å². The first kappa shape index (κ1) is 8.49. The molecular formula is C8H7N3O3. The first-order chi connectivity index (χ1) is 6.59. The van der Waals surface area contributed by atoms with Crippen LogP contribution in [-0.2, 0) is 0 Å². The SMILES string of the molecule is Cc1nc2[nH][nH]c(=O)c2cc1C(=O)O. The number of carboxylic acid groups (broad SMARTS) is 1. The summed E-state index contributed by atoms with van der Waals surface area (Å²) >= 11 is 0. The van der Waals surface area contributed by atoms with Crippen LogP contribution in [0.1, 0.15) is 16.1 Å². The lowest BCUT2D eigenvalue weighted by atomic mass is 10.2. The number of carboxylic acids is 1. The van der Waals surface area contributed by atoms with Gasteiger partial charge in [0, 0.05) is 0 Å². The second-order valence-corrected chi connectivity index (χ2v) is 2.90. The molecule has 72 valence electrons. The van der Waals surface area contributed by atoms with Crippen molar-refractivity contribution in [3.8, 4) is 0 Å². The van der Waals surface area contributed by atoms with E-state index in [1.165, 1.54) is 6.07 Å². The lowest BCUT2D eigenvalue weighted by Gasteiger charge is -1.97. The predicted octanol–water partition coefficient (Wildman–Crippen LogP) is 0.258. The summed E-state index contributed by atoms with van der Waals surface area (Å²) in [5.41, 5.74) is 0.426. The van der Waals surface area contributed by atoms with Gasteiger partial charge in [0.1, 0.15) is 0 Å². The normalized spacial score (nSPS) is 10.6. The lowest BCUT2D eigenvalue weighted by molar-refractivity contribution is 0.0696. The van der Waals surface area contributed by atoms with Gasteiger partial charge in [-0.05, 0) is 13.0 Å². The Morgan fingerprint density at radius 3 is 2.86 bits per heavy atom. The first-order valence-corrected chi connectivity index (χ1v) is 3.91. The number of H-pyrrole nitrogens is 2. The summed E-state index contributed by atoms with van der Waals surface area (Å²) in [7, 11) is 0. The van der Waals surface area contributed by atoms with E-state index in [-0.39, 0.29) is 16.5 Å². The molecule has 0 saturated carbocycles. The molecule has 0 amide bonds. The van der Waals surface area contributed by atoms with Gasteiger partial charge in [-0.25, -0.2) is 9.78 Å². The highest BCUT2D eigenvalue weighted by Gasteiger charge is 2.12. The van der Waals surface area contributed by atoms with E-state index in [1.54, 1.807) is 6.92 Å². The molecular weight excluding hydrogens is 186 g/mol. The van der Waals surface area contributed by atoms with Crippen LogP contribution in [0, 0.1) is 6.92 Å². The topological polar surface area (TPSA) is 98.8 Å². The molecule has 6 heteroatoms. The van der Waals surface area contributed by atoms with Gasteiger partial charge < -0.3 is 5.11 Å². The van der Waals surface area contributed by atoms with Crippen molar-refractivity contribution in [2.45, 2.75) is 6.92 Å². The number of aryl methyl sites for hydroxylation is 1. The van der Waals surface area contributed by atoms with Crippen LogP contribution in [-0.4, -0.2) is 26.3 Å².